The van der Waals surface area contributed by atoms with Crippen LogP contribution in [0.2, 0.25) is 0 Å². The fraction of sp³-hybridized carbons (Fsp3) is 0.333. The van der Waals surface area contributed by atoms with Gasteiger partial charge in [0.25, 0.3) is 5.91 Å². The normalized spacial score (nSPS) is 12.1. The number of hydrogen-bond acceptors (Lipinski definition) is 6. The number of amides is 1. The number of nitrogens with one attached hydrogen (secondary N) is 2. The summed E-state index contributed by atoms with van der Waals surface area (Å²) in [7, 11) is 0. The summed E-state index contributed by atoms with van der Waals surface area (Å²) in [5.41, 5.74) is 6.86. The molecular formula is C12H16N4OS2. The van der Waals surface area contributed by atoms with Crippen molar-refractivity contribution >= 4 is 39.5 Å². The molecular weight excluding hydrogens is 280 g/mol. The number of rotatable bonds is 5. The maximum atomic E-state index is 12.1. The van der Waals surface area contributed by atoms with Gasteiger partial charge in [0, 0.05) is 6.54 Å². The number of anilines is 2. The van der Waals surface area contributed by atoms with E-state index in [-0.39, 0.29) is 17.8 Å². The Kier molecular flexibility index (Phi) is 4.39. The van der Waals surface area contributed by atoms with Crippen molar-refractivity contribution in [3.8, 4) is 0 Å². The molecule has 0 bridgehead atoms. The van der Waals surface area contributed by atoms with Crippen molar-refractivity contribution in [2.24, 2.45) is 0 Å². The third kappa shape index (κ3) is 3.24. The molecule has 0 fully saturated rings. The lowest BCUT2D eigenvalue weighted by atomic mass is 10.2. The predicted molar refractivity (Wildman–Crippen MR) is 80.9 cm³/mol. The number of aromatic nitrogens is 1. The molecule has 0 aliphatic carbocycles. The summed E-state index contributed by atoms with van der Waals surface area (Å²) in [5, 5.41) is 10.7. The maximum Gasteiger partial charge on any atom is 0.265 e. The van der Waals surface area contributed by atoms with E-state index in [9.17, 15) is 4.79 Å². The van der Waals surface area contributed by atoms with Crippen LogP contribution in [0.5, 0.6) is 0 Å². The molecule has 0 aliphatic heterocycles. The fourth-order valence-electron chi connectivity index (χ4n) is 1.59. The third-order valence-electron chi connectivity index (χ3n) is 2.58. The van der Waals surface area contributed by atoms with Crippen LogP contribution in [0, 0.1) is 0 Å². The second-order valence-electron chi connectivity index (χ2n) is 4.02. The second kappa shape index (κ2) is 6.03. The molecule has 0 radical (unpaired) electrons. The maximum absolute atomic E-state index is 12.1. The van der Waals surface area contributed by atoms with Crippen LogP contribution in [0.25, 0.3) is 0 Å². The molecule has 1 amide bonds. The molecule has 2 aromatic rings. The Morgan fingerprint density at radius 1 is 1.58 bits per heavy atom. The van der Waals surface area contributed by atoms with Crippen molar-refractivity contribution in [1.29, 1.82) is 0 Å². The van der Waals surface area contributed by atoms with Crippen molar-refractivity contribution in [2.75, 3.05) is 17.6 Å². The number of hydrogen-bond donors (Lipinski definition) is 3. The number of nitrogens with two attached hydrogens (primary N) is 1. The van der Waals surface area contributed by atoms with E-state index in [1.165, 1.54) is 11.3 Å². The zero-order chi connectivity index (χ0) is 13.8. The summed E-state index contributed by atoms with van der Waals surface area (Å²) in [6, 6.07) is 1.96. The van der Waals surface area contributed by atoms with E-state index in [1.807, 2.05) is 30.7 Å². The van der Waals surface area contributed by atoms with Gasteiger partial charge in [0.2, 0.25) is 0 Å². The van der Waals surface area contributed by atoms with Gasteiger partial charge in [-0.3, -0.25) is 4.79 Å². The molecule has 0 aromatic carbocycles. The van der Waals surface area contributed by atoms with Crippen LogP contribution in [0.15, 0.2) is 16.8 Å². The molecule has 1 unspecified atom stereocenters. The van der Waals surface area contributed by atoms with E-state index in [0.717, 1.165) is 12.1 Å². The molecule has 4 N–H and O–H groups in total. The number of thiazole rings is 1. The molecule has 0 saturated heterocycles. The molecule has 7 heteroatoms. The van der Waals surface area contributed by atoms with Gasteiger partial charge >= 0.3 is 0 Å². The Morgan fingerprint density at radius 3 is 3.00 bits per heavy atom. The average molecular weight is 296 g/mol. The summed E-state index contributed by atoms with van der Waals surface area (Å²) >= 11 is 2.88. The van der Waals surface area contributed by atoms with Crippen molar-refractivity contribution in [2.45, 2.75) is 19.9 Å². The van der Waals surface area contributed by atoms with Gasteiger partial charge in [-0.1, -0.05) is 11.3 Å². The fourth-order valence-corrected chi connectivity index (χ4v) is 3.20. The average Bonchev–Trinajstić information content (AvgIpc) is 2.99. The molecule has 2 rings (SSSR count). The molecule has 0 aliphatic rings. The van der Waals surface area contributed by atoms with E-state index < -0.39 is 0 Å². The monoisotopic (exact) mass is 296 g/mol. The zero-order valence-electron chi connectivity index (χ0n) is 10.8. The van der Waals surface area contributed by atoms with Crippen LogP contribution in [0.1, 0.15) is 35.1 Å². The van der Waals surface area contributed by atoms with Crippen molar-refractivity contribution < 1.29 is 4.79 Å². The van der Waals surface area contributed by atoms with Crippen molar-refractivity contribution in [3.63, 3.8) is 0 Å². The summed E-state index contributed by atoms with van der Waals surface area (Å²) in [4.78, 5) is 16.7. The molecule has 1 atom stereocenters. The zero-order valence-corrected chi connectivity index (χ0v) is 12.4. The molecule has 2 heterocycles. The highest BCUT2D eigenvalue weighted by molar-refractivity contribution is 7.18. The van der Waals surface area contributed by atoms with E-state index in [0.29, 0.717) is 10.0 Å². The van der Waals surface area contributed by atoms with E-state index in [2.05, 4.69) is 15.6 Å². The van der Waals surface area contributed by atoms with Gasteiger partial charge in [0.15, 0.2) is 5.13 Å². The topological polar surface area (TPSA) is 80.0 Å². The Hall–Kier alpha value is -1.60. The van der Waals surface area contributed by atoms with Crippen molar-refractivity contribution in [3.05, 3.63) is 27.3 Å². The van der Waals surface area contributed by atoms with Crippen LogP contribution in [0.3, 0.4) is 0 Å². The standard InChI is InChI=1S/C12H16N4OS2/c1-3-14-12-16-10(13)9(19-12)11(17)15-7(2)8-4-5-18-6-8/h4-7H,3,13H2,1-2H3,(H,14,16)(H,15,17). The third-order valence-corrected chi connectivity index (χ3v) is 4.31. The smallest absolute Gasteiger partial charge is 0.265 e. The molecule has 19 heavy (non-hydrogen) atoms. The van der Waals surface area contributed by atoms with Gasteiger partial charge < -0.3 is 16.4 Å². The highest BCUT2D eigenvalue weighted by Crippen LogP contribution is 2.25. The number of nitrogen functional groups attached to an aromatic ring is 1. The minimum atomic E-state index is -0.183. The second-order valence-corrected chi connectivity index (χ2v) is 5.79. The van der Waals surface area contributed by atoms with Gasteiger partial charge in [-0.15, -0.1) is 0 Å². The van der Waals surface area contributed by atoms with Gasteiger partial charge in [0.05, 0.1) is 6.04 Å². The first-order valence-electron chi connectivity index (χ1n) is 5.95. The summed E-state index contributed by atoms with van der Waals surface area (Å²) in [6.45, 7) is 4.66. The summed E-state index contributed by atoms with van der Waals surface area (Å²) in [6.07, 6.45) is 0. The number of nitrogens with zero attached hydrogens (tertiary/aromatic N) is 1. The van der Waals surface area contributed by atoms with Crippen LogP contribution in [-0.4, -0.2) is 17.4 Å². The van der Waals surface area contributed by atoms with Gasteiger partial charge in [-0.2, -0.15) is 11.3 Å². The number of thiophene rings is 1. The van der Waals surface area contributed by atoms with Gasteiger partial charge in [-0.25, -0.2) is 4.98 Å². The molecule has 102 valence electrons. The summed E-state index contributed by atoms with van der Waals surface area (Å²) in [5.74, 6) is 0.0915. The first kappa shape index (κ1) is 13.8. The number of carbonyl (C=O) groups is 1. The van der Waals surface area contributed by atoms with E-state index >= 15 is 0 Å². The Balaban J connectivity index is 2.07. The Labute approximate surface area is 119 Å². The van der Waals surface area contributed by atoms with Crippen molar-refractivity contribution in [1.82, 2.24) is 10.3 Å². The SMILES string of the molecule is CCNc1nc(N)c(C(=O)NC(C)c2ccsc2)s1. The molecule has 0 saturated carbocycles. The minimum Gasteiger partial charge on any atom is -0.382 e. The largest absolute Gasteiger partial charge is 0.382 e. The number of carbonyl (C=O) groups excluding carboxylic acids is 1. The highest BCUT2D eigenvalue weighted by atomic mass is 32.1. The Morgan fingerprint density at radius 2 is 2.37 bits per heavy atom. The first-order chi connectivity index (χ1) is 9.11. The summed E-state index contributed by atoms with van der Waals surface area (Å²) < 4.78 is 0. The lowest BCUT2D eigenvalue weighted by Crippen LogP contribution is -2.26. The molecule has 2 aromatic heterocycles. The lowest BCUT2D eigenvalue weighted by Gasteiger charge is -2.11. The van der Waals surface area contributed by atoms with E-state index in [1.54, 1.807) is 11.3 Å². The van der Waals surface area contributed by atoms with Gasteiger partial charge in [-0.05, 0) is 36.2 Å². The first-order valence-corrected chi connectivity index (χ1v) is 7.71. The van der Waals surface area contributed by atoms with Crippen LogP contribution in [-0.2, 0) is 0 Å². The van der Waals surface area contributed by atoms with Crippen LogP contribution in [0.4, 0.5) is 10.9 Å². The minimum absolute atomic E-state index is 0.0390. The molecule has 5 nitrogen and oxygen atoms in total. The van der Waals surface area contributed by atoms with Gasteiger partial charge in [0.1, 0.15) is 10.7 Å². The van der Waals surface area contributed by atoms with Crippen LogP contribution >= 0.6 is 22.7 Å². The van der Waals surface area contributed by atoms with Crippen LogP contribution < -0.4 is 16.4 Å². The van der Waals surface area contributed by atoms with E-state index in [4.69, 9.17) is 5.73 Å². The molecule has 0 spiro atoms. The quantitative estimate of drug-likeness (QED) is 0.792. The Bertz CT molecular complexity index is 550. The highest BCUT2D eigenvalue weighted by Gasteiger charge is 2.18. The lowest BCUT2D eigenvalue weighted by molar-refractivity contribution is 0.0944. The predicted octanol–water partition coefficient (Wildman–Crippen LogP) is 2.71.